The van der Waals surface area contributed by atoms with E-state index in [0.717, 1.165) is 24.8 Å². The molecular formula is C18H25ClN2O5S. The number of ether oxygens (including phenoxy) is 2. The Balaban J connectivity index is 0.00000210. The summed E-state index contributed by atoms with van der Waals surface area (Å²) in [4.78, 5) is 12.1. The van der Waals surface area contributed by atoms with E-state index in [0.29, 0.717) is 37.9 Å². The molecule has 3 aliphatic rings. The van der Waals surface area contributed by atoms with Crippen LogP contribution in [0.5, 0.6) is 5.75 Å². The number of carbonyl (C=O) groups is 1. The van der Waals surface area contributed by atoms with Gasteiger partial charge in [-0.15, -0.1) is 12.4 Å². The summed E-state index contributed by atoms with van der Waals surface area (Å²) in [6.07, 6.45) is 2.64. The van der Waals surface area contributed by atoms with Crippen LogP contribution in [0.1, 0.15) is 31.7 Å². The number of sulfonamides is 1. The van der Waals surface area contributed by atoms with Gasteiger partial charge < -0.3 is 14.8 Å². The van der Waals surface area contributed by atoms with Crippen molar-refractivity contribution in [2.75, 3.05) is 19.7 Å². The fourth-order valence-electron chi connectivity index (χ4n) is 4.03. The SMILES string of the molecule is CCOC(=O)C1Cc2cc(S(=O)(=O)N3CCC4CCC(C3)N4)ccc2O1.Cl. The number of carbonyl (C=O) groups excluding carboxylic acids is 1. The van der Waals surface area contributed by atoms with E-state index in [1.165, 1.54) is 0 Å². The molecule has 0 amide bonds. The second kappa shape index (κ2) is 7.95. The molecule has 4 rings (SSSR count). The Labute approximate surface area is 165 Å². The zero-order valence-electron chi connectivity index (χ0n) is 15.2. The number of nitrogens with one attached hydrogen (secondary N) is 1. The zero-order valence-corrected chi connectivity index (χ0v) is 16.9. The van der Waals surface area contributed by atoms with Gasteiger partial charge in [0.15, 0.2) is 6.10 Å². The third-order valence-electron chi connectivity index (χ3n) is 5.38. The third kappa shape index (κ3) is 3.94. The lowest BCUT2D eigenvalue weighted by atomic mass is 10.1. The summed E-state index contributed by atoms with van der Waals surface area (Å²) in [6, 6.07) is 5.52. The van der Waals surface area contributed by atoms with E-state index in [1.807, 2.05) is 0 Å². The van der Waals surface area contributed by atoms with Gasteiger partial charge in [-0.2, -0.15) is 4.31 Å². The van der Waals surface area contributed by atoms with Gasteiger partial charge >= 0.3 is 5.97 Å². The monoisotopic (exact) mass is 416 g/mol. The summed E-state index contributed by atoms with van der Waals surface area (Å²) in [5, 5.41) is 3.50. The Morgan fingerprint density at radius 1 is 1.30 bits per heavy atom. The number of halogens is 1. The first-order chi connectivity index (χ1) is 12.5. The average molecular weight is 417 g/mol. The lowest BCUT2D eigenvalue weighted by Gasteiger charge is -2.23. The van der Waals surface area contributed by atoms with Crippen LogP contribution in [-0.4, -0.2) is 56.6 Å². The molecule has 0 aromatic heterocycles. The molecule has 0 radical (unpaired) electrons. The fourth-order valence-corrected chi connectivity index (χ4v) is 5.58. The predicted octanol–water partition coefficient (Wildman–Crippen LogP) is 1.49. The lowest BCUT2D eigenvalue weighted by molar-refractivity contribution is -0.150. The zero-order chi connectivity index (χ0) is 18.3. The predicted molar refractivity (Wildman–Crippen MR) is 102 cm³/mol. The van der Waals surface area contributed by atoms with Crippen molar-refractivity contribution in [1.82, 2.24) is 9.62 Å². The van der Waals surface area contributed by atoms with Crippen LogP contribution in [0.25, 0.3) is 0 Å². The number of benzene rings is 1. The molecule has 7 nitrogen and oxygen atoms in total. The van der Waals surface area contributed by atoms with E-state index >= 15 is 0 Å². The summed E-state index contributed by atoms with van der Waals surface area (Å²) in [5.74, 6) is 0.140. The Morgan fingerprint density at radius 2 is 2.07 bits per heavy atom. The van der Waals surface area contributed by atoms with Crippen molar-refractivity contribution >= 4 is 28.4 Å². The average Bonchev–Trinajstić information content (AvgIpc) is 3.17. The molecule has 1 aromatic carbocycles. The maximum Gasteiger partial charge on any atom is 0.347 e. The Morgan fingerprint density at radius 3 is 2.85 bits per heavy atom. The van der Waals surface area contributed by atoms with Crippen LogP contribution in [0, 0.1) is 0 Å². The van der Waals surface area contributed by atoms with Crippen LogP contribution in [0.3, 0.4) is 0 Å². The molecule has 0 saturated carbocycles. The largest absolute Gasteiger partial charge is 0.478 e. The van der Waals surface area contributed by atoms with E-state index in [-0.39, 0.29) is 23.3 Å². The van der Waals surface area contributed by atoms with E-state index in [9.17, 15) is 13.2 Å². The number of rotatable bonds is 4. The van der Waals surface area contributed by atoms with Crippen LogP contribution in [0.2, 0.25) is 0 Å². The summed E-state index contributed by atoms with van der Waals surface area (Å²) in [6.45, 7) is 3.08. The maximum atomic E-state index is 13.1. The molecule has 2 fully saturated rings. The van der Waals surface area contributed by atoms with Gasteiger partial charge in [-0.25, -0.2) is 13.2 Å². The highest BCUT2D eigenvalue weighted by Gasteiger charge is 2.36. The minimum atomic E-state index is -3.56. The van der Waals surface area contributed by atoms with Crippen LogP contribution in [0.15, 0.2) is 23.1 Å². The highest BCUT2D eigenvalue weighted by atomic mass is 35.5. The van der Waals surface area contributed by atoms with Crippen molar-refractivity contribution in [1.29, 1.82) is 0 Å². The van der Waals surface area contributed by atoms with E-state index < -0.39 is 22.1 Å². The third-order valence-corrected chi connectivity index (χ3v) is 7.24. The van der Waals surface area contributed by atoms with Crippen molar-refractivity contribution in [3.63, 3.8) is 0 Å². The number of hydrogen-bond acceptors (Lipinski definition) is 6. The molecule has 3 atom stereocenters. The van der Waals surface area contributed by atoms with Gasteiger partial charge in [0, 0.05) is 31.6 Å². The lowest BCUT2D eigenvalue weighted by Crippen LogP contribution is -2.39. The molecule has 27 heavy (non-hydrogen) atoms. The van der Waals surface area contributed by atoms with Gasteiger partial charge in [0.25, 0.3) is 0 Å². The van der Waals surface area contributed by atoms with Crippen molar-refractivity contribution in [2.24, 2.45) is 0 Å². The summed E-state index contributed by atoms with van der Waals surface area (Å²) in [7, 11) is -3.56. The quantitative estimate of drug-likeness (QED) is 0.748. The van der Waals surface area contributed by atoms with Crippen LogP contribution in [-0.2, 0) is 26.0 Å². The highest BCUT2D eigenvalue weighted by Crippen LogP contribution is 2.33. The van der Waals surface area contributed by atoms with E-state index in [2.05, 4.69) is 5.32 Å². The first-order valence-electron chi connectivity index (χ1n) is 9.20. The van der Waals surface area contributed by atoms with Gasteiger partial charge in [0.05, 0.1) is 11.5 Å². The molecule has 0 aliphatic carbocycles. The number of fused-ring (bicyclic) bond motifs is 3. The molecule has 1 N–H and O–H groups in total. The summed E-state index contributed by atoms with van der Waals surface area (Å²) < 4.78 is 38.4. The molecule has 3 unspecified atom stereocenters. The molecule has 3 aliphatic heterocycles. The highest BCUT2D eigenvalue weighted by molar-refractivity contribution is 7.89. The number of esters is 1. The van der Waals surface area contributed by atoms with Crippen LogP contribution < -0.4 is 10.1 Å². The topological polar surface area (TPSA) is 84.9 Å². The van der Waals surface area contributed by atoms with Gasteiger partial charge in [-0.05, 0) is 49.9 Å². The number of nitrogens with zero attached hydrogens (tertiary/aromatic N) is 1. The van der Waals surface area contributed by atoms with Gasteiger partial charge in [-0.3, -0.25) is 0 Å². The molecule has 2 bridgehead atoms. The fraction of sp³-hybridized carbons (Fsp3) is 0.611. The second-order valence-electron chi connectivity index (χ2n) is 7.12. The summed E-state index contributed by atoms with van der Waals surface area (Å²) in [5.41, 5.74) is 0.735. The van der Waals surface area contributed by atoms with Gasteiger partial charge in [0.1, 0.15) is 5.75 Å². The van der Waals surface area contributed by atoms with E-state index in [4.69, 9.17) is 9.47 Å². The number of hydrogen-bond donors (Lipinski definition) is 1. The Bertz CT molecular complexity index is 816. The first kappa shape index (κ1) is 20.4. The minimum Gasteiger partial charge on any atom is -0.478 e. The Hall–Kier alpha value is -1.35. The molecule has 3 heterocycles. The van der Waals surface area contributed by atoms with E-state index in [1.54, 1.807) is 29.4 Å². The molecule has 2 saturated heterocycles. The first-order valence-corrected chi connectivity index (χ1v) is 10.6. The second-order valence-corrected chi connectivity index (χ2v) is 9.06. The molecule has 150 valence electrons. The summed E-state index contributed by atoms with van der Waals surface area (Å²) >= 11 is 0. The maximum absolute atomic E-state index is 13.1. The van der Waals surface area contributed by atoms with Crippen molar-refractivity contribution in [3.8, 4) is 5.75 Å². The van der Waals surface area contributed by atoms with Crippen molar-refractivity contribution < 1.29 is 22.7 Å². The Kier molecular flexibility index (Phi) is 6.00. The van der Waals surface area contributed by atoms with Crippen molar-refractivity contribution in [2.45, 2.75) is 55.7 Å². The smallest absolute Gasteiger partial charge is 0.347 e. The molecule has 1 aromatic rings. The van der Waals surface area contributed by atoms with Crippen LogP contribution >= 0.6 is 12.4 Å². The van der Waals surface area contributed by atoms with Crippen molar-refractivity contribution in [3.05, 3.63) is 23.8 Å². The van der Waals surface area contributed by atoms with Gasteiger partial charge in [-0.1, -0.05) is 0 Å². The standard InChI is InChI=1S/C18H24N2O5S.ClH/c1-2-24-18(21)17-10-12-9-15(5-6-16(12)25-17)26(22,23)20-8-7-13-3-4-14(11-20)19-13;/h5-6,9,13-14,17,19H,2-4,7-8,10-11H2,1H3;1H. The van der Waals surface area contributed by atoms with Gasteiger partial charge in [0.2, 0.25) is 10.0 Å². The molecule has 9 heteroatoms. The normalized spacial score (nSPS) is 27.2. The molecular weight excluding hydrogens is 392 g/mol. The minimum absolute atomic E-state index is 0. The molecule has 0 spiro atoms. The van der Waals surface area contributed by atoms with Crippen LogP contribution in [0.4, 0.5) is 0 Å².